The average molecular weight is 889 g/mol. The summed E-state index contributed by atoms with van der Waals surface area (Å²) in [5, 5.41) is 3.61. The molecule has 1 aliphatic heterocycles. The SMILES string of the molecule is C1=Cc2oc3cc(-c4nc(C5=CCC(c6ccccc6)C=C5)nc(-c5ccccc5)n4)cc(-c4ccc5c(c4)OC4C=CC(n6c7ccccc7c7cc(-c8ccccc8)ccc76)=CC54)c3c2CC1. The molecule has 3 aliphatic carbocycles. The van der Waals surface area contributed by atoms with Crippen molar-refractivity contribution in [3.8, 4) is 50.8 Å². The molecule has 0 saturated heterocycles. The normalized spacial score (nSPS) is 17.9. The van der Waals surface area contributed by atoms with Gasteiger partial charge in [0.15, 0.2) is 17.5 Å². The van der Waals surface area contributed by atoms with Crippen molar-refractivity contribution in [1.82, 2.24) is 19.5 Å². The highest BCUT2D eigenvalue weighted by Gasteiger charge is 2.35. The van der Waals surface area contributed by atoms with E-state index < -0.39 is 0 Å². The number of furan rings is 1. The molecule has 3 aromatic heterocycles. The molecule has 6 nitrogen and oxygen atoms in total. The minimum atomic E-state index is -0.110. The van der Waals surface area contributed by atoms with Gasteiger partial charge in [-0.1, -0.05) is 152 Å². The van der Waals surface area contributed by atoms with Crippen molar-refractivity contribution in [2.45, 2.75) is 37.2 Å². The topological polar surface area (TPSA) is 66.0 Å². The molecule has 0 spiro atoms. The van der Waals surface area contributed by atoms with Gasteiger partial charge in [-0.05, 0) is 108 Å². The molecular formula is C63H44N4O2. The van der Waals surface area contributed by atoms with Crippen LogP contribution in [0.25, 0.3) is 95.2 Å². The summed E-state index contributed by atoms with van der Waals surface area (Å²) in [6.45, 7) is 0. The van der Waals surface area contributed by atoms with Gasteiger partial charge >= 0.3 is 0 Å². The first-order valence-corrected chi connectivity index (χ1v) is 24.0. The lowest BCUT2D eigenvalue weighted by Gasteiger charge is -2.20. The van der Waals surface area contributed by atoms with Crippen molar-refractivity contribution >= 4 is 50.1 Å². The van der Waals surface area contributed by atoms with Gasteiger partial charge in [0.1, 0.15) is 23.2 Å². The molecule has 6 heteroatoms. The molecular weight excluding hydrogens is 845 g/mol. The van der Waals surface area contributed by atoms with Crippen molar-refractivity contribution < 1.29 is 9.15 Å². The quantitative estimate of drug-likeness (QED) is 0.159. The molecule has 0 N–H and O–H groups in total. The van der Waals surface area contributed by atoms with Gasteiger partial charge in [0, 0.05) is 61.5 Å². The Bertz CT molecular complexity index is 3850. The highest BCUT2D eigenvalue weighted by Crippen LogP contribution is 2.48. The molecule has 0 bridgehead atoms. The van der Waals surface area contributed by atoms with Crippen LogP contribution in [0.5, 0.6) is 5.75 Å². The molecule has 69 heavy (non-hydrogen) atoms. The minimum Gasteiger partial charge on any atom is -0.485 e. The van der Waals surface area contributed by atoms with Gasteiger partial charge in [0.05, 0.1) is 11.0 Å². The van der Waals surface area contributed by atoms with Gasteiger partial charge < -0.3 is 13.7 Å². The number of aryl methyl sites for hydroxylation is 1. The minimum absolute atomic E-state index is 0.0539. The van der Waals surface area contributed by atoms with Gasteiger partial charge in [0.25, 0.3) is 0 Å². The average Bonchev–Trinajstić information content (AvgIpc) is 4.10. The van der Waals surface area contributed by atoms with Crippen LogP contribution in [-0.4, -0.2) is 25.6 Å². The molecule has 10 aromatic rings. The Morgan fingerprint density at radius 3 is 2.13 bits per heavy atom. The summed E-state index contributed by atoms with van der Waals surface area (Å²) in [6.07, 6.45) is 20.5. The third-order valence-corrected chi connectivity index (χ3v) is 14.4. The van der Waals surface area contributed by atoms with Crippen molar-refractivity contribution in [1.29, 1.82) is 0 Å². The Kier molecular flexibility index (Phi) is 9.19. The van der Waals surface area contributed by atoms with Crippen LogP contribution in [0.4, 0.5) is 0 Å². The largest absolute Gasteiger partial charge is 0.485 e. The van der Waals surface area contributed by atoms with Crippen molar-refractivity contribution in [2.24, 2.45) is 0 Å². The van der Waals surface area contributed by atoms with Crippen LogP contribution in [0, 0.1) is 0 Å². The van der Waals surface area contributed by atoms with E-state index in [-0.39, 0.29) is 12.0 Å². The fourth-order valence-electron chi connectivity index (χ4n) is 11.0. The predicted octanol–water partition coefficient (Wildman–Crippen LogP) is 15.4. The standard InChI is InChI=1S/C63H44N4O2/c1-4-14-39(15-5-1)41-24-26-43(27-25-41)62-64-61(42-18-8-3-9-19-42)65-63(66-62)46-35-51(60-50-21-11-13-23-56(50)69-59(60)37-46)45-28-31-49-53-38-47(30-33-57(53)68-58(49)36-45)67-54-22-12-10-20-48(54)52-34-44(29-32-55(52)67)40-16-6-2-7-17-40/h1-10,12-20,22-24,26-38,41,53,57H,11,21,25H2. The fourth-order valence-corrected chi connectivity index (χ4v) is 11.0. The molecule has 0 saturated carbocycles. The first-order valence-electron chi connectivity index (χ1n) is 24.0. The van der Waals surface area contributed by atoms with E-state index in [1.165, 1.54) is 49.6 Å². The van der Waals surface area contributed by atoms with E-state index in [1.54, 1.807) is 0 Å². The lowest BCUT2D eigenvalue weighted by Crippen LogP contribution is -2.18. The monoisotopic (exact) mass is 888 g/mol. The Morgan fingerprint density at radius 2 is 1.30 bits per heavy atom. The number of benzene rings is 7. The number of hydrogen-bond acceptors (Lipinski definition) is 5. The van der Waals surface area contributed by atoms with E-state index in [0.29, 0.717) is 23.4 Å². The molecule has 0 amide bonds. The Hall–Kier alpha value is -8.61. The summed E-state index contributed by atoms with van der Waals surface area (Å²) >= 11 is 0. The first kappa shape index (κ1) is 39.5. The van der Waals surface area contributed by atoms with E-state index >= 15 is 0 Å². The van der Waals surface area contributed by atoms with Crippen LogP contribution in [-0.2, 0) is 6.42 Å². The van der Waals surface area contributed by atoms with Gasteiger partial charge in [-0.2, -0.15) is 0 Å². The summed E-state index contributed by atoms with van der Waals surface area (Å²) in [5.41, 5.74) is 15.4. The molecule has 7 aromatic carbocycles. The molecule has 14 rings (SSSR count). The number of ether oxygens (including phenoxy) is 1. The summed E-state index contributed by atoms with van der Waals surface area (Å²) in [5.74, 6) is 4.04. The second-order valence-electron chi connectivity index (χ2n) is 18.5. The predicted molar refractivity (Wildman–Crippen MR) is 280 cm³/mol. The zero-order chi connectivity index (χ0) is 45.4. The molecule has 3 unspecified atom stereocenters. The molecule has 0 fully saturated rings. The van der Waals surface area contributed by atoms with Gasteiger partial charge in [-0.3, -0.25) is 0 Å². The van der Waals surface area contributed by atoms with E-state index in [1.807, 2.05) is 18.2 Å². The number of aromatic nitrogens is 4. The Morgan fingerprint density at radius 1 is 0.565 bits per heavy atom. The zero-order valence-corrected chi connectivity index (χ0v) is 37.7. The molecule has 328 valence electrons. The van der Waals surface area contributed by atoms with E-state index in [2.05, 4.69) is 199 Å². The van der Waals surface area contributed by atoms with Crippen LogP contribution in [0.3, 0.4) is 0 Å². The molecule has 4 heterocycles. The summed E-state index contributed by atoms with van der Waals surface area (Å²) in [7, 11) is 0. The van der Waals surface area contributed by atoms with Crippen molar-refractivity contribution in [3.05, 3.63) is 235 Å². The number of para-hydroxylation sites is 1. The highest BCUT2D eigenvalue weighted by molar-refractivity contribution is 6.11. The van der Waals surface area contributed by atoms with Crippen LogP contribution < -0.4 is 4.74 Å². The van der Waals surface area contributed by atoms with Crippen molar-refractivity contribution in [2.75, 3.05) is 0 Å². The number of fused-ring (bicyclic) bond motifs is 9. The Labute approximate surface area is 399 Å². The smallest absolute Gasteiger partial charge is 0.164 e. The zero-order valence-electron chi connectivity index (χ0n) is 37.7. The van der Waals surface area contributed by atoms with Crippen LogP contribution in [0.2, 0.25) is 0 Å². The molecule has 0 radical (unpaired) electrons. The number of allylic oxidation sites excluding steroid dienone is 7. The first-order chi connectivity index (χ1) is 34.2. The van der Waals surface area contributed by atoms with Gasteiger partial charge in [-0.15, -0.1) is 0 Å². The maximum Gasteiger partial charge on any atom is 0.164 e. The molecule has 4 aliphatic rings. The number of hydrogen-bond donors (Lipinski definition) is 0. The van der Waals surface area contributed by atoms with Crippen molar-refractivity contribution in [3.63, 3.8) is 0 Å². The maximum absolute atomic E-state index is 6.86. The van der Waals surface area contributed by atoms with Crippen LogP contribution in [0.15, 0.2) is 211 Å². The van der Waals surface area contributed by atoms with Gasteiger partial charge in [-0.25, -0.2) is 15.0 Å². The third-order valence-electron chi connectivity index (χ3n) is 14.4. The number of rotatable bonds is 7. The summed E-state index contributed by atoms with van der Waals surface area (Å²) in [4.78, 5) is 15.5. The fraction of sp³-hybridized carbons (Fsp3) is 0.0952. The summed E-state index contributed by atoms with van der Waals surface area (Å²) < 4.78 is 16.0. The van der Waals surface area contributed by atoms with E-state index in [9.17, 15) is 0 Å². The third kappa shape index (κ3) is 6.74. The van der Waals surface area contributed by atoms with E-state index in [4.69, 9.17) is 24.1 Å². The Balaban J connectivity index is 0.862. The van der Waals surface area contributed by atoms with Gasteiger partial charge in [0.2, 0.25) is 0 Å². The second kappa shape index (κ2) is 16.0. The lowest BCUT2D eigenvalue weighted by atomic mass is 9.88. The lowest BCUT2D eigenvalue weighted by molar-refractivity contribution is 0.269. The highest BCUT2D eigenvalue weighted by atomic mass is 16.5. The van der Waals surface area contributed by atoms with E-state index in [0.717, 1.165) is 75.3 Å². The number of nitrogens with zero attached hydrogens (tertiary/aromatic N) is 4. The molecule has 3 atom stereocenters. The van der Waals surface area contributed by atoms with Crippen LogP contribution in [0.1, 0.15) is 53.0 Å². The van der Waals surface area contributed by atoms with Crippen LogP contribution >= 0.6 is 0 Å². The summed E-state index contributed by atoms with van der Waals surface area (Å²) in [6, 6.07) is 58.2. The maximum atomic E-state index is 6.86. The second-order valence-corrected chi connectivity index (χ2v) is 18.5.